The van der Waals surface area contributed by atoms with Crippen molar-refractivity contribution < 1.29 is 18.0 Å². The highest BCUT2D eigenvalue weighted by molar-refractivity contribution is 7.89. The number of benzene rings is 1. The van der Waals surface area contributed by atoms with Crippen LogP contribution >= 0.6 is 11.3 Å². The predicted octanol–water partition coefficient (Wildman–Crippen LogP) is 3.07. The second-order valence-corrected chi connectivity index (χ2v) is 9.51. The van der Waals surface area contributed by atoms with Gasteiger partial charge in [-0.3, -0.25) is 9.59 Å². The zero-order chi connectivity index (χ0) is 20.0. The quantitative estimate of drug-likeness (QED) is 0.665. The molecule has 1 aliphatic heterocycles. The van der Waals surface area contributed by atoms with Gasteiger partial charge in [0.05, 0.1) is 9.77 Å². The molecule has 1 amide bonds. The Balaban J connectivity index is 1.41. The molecule has 1 aliphatic rings. The minimum atomic E-state index is -3.53. The molecule has 0 aliphatic carbocycles. The van der Waals surface area contributed by atoms with Gasteiger partial charge in [0.1, 0.15) is 0 Å². The molecule has 150 valence electrons. The van der Waals surface area contributed by atoms with E-state index in [1.54, 1.807) is 41.3 Å². The maximum absolute atomic E-state index is 12.4. The second-order valence-electron chi connectivity index (χ2n) is 6.84. The van der Waals surface area contributed by atoms with Crippen LogP contribution in [0.4, 0.5) is 0 Å². The van der Waals surface area contributed by atoms with E-state index in [0.29, 0.717) is 45.2 Å². The Hall–Kier alpha value is -2.03. The highest BCUT2D eigenvalue weighted by Gasteiger charge is 2.26. The van der Waals surface area contributed by atoms with Gasteiger partial charge in [0.2, 0.25) is 15.9 Å². The van der Waals surface area contributed by atoms with Gasteiger partial charge in [-0.1, -0.05) is 24.3 Å². The van der Waals surface area contributed by atoms with Crippen LogP contribution < -0.4 is 4.72 Å². The number of Topliss-reactive ketones (excluding diaryl/α,β-unsaturated/α-hetero) is 1. The molecule has 2 aromatic rings. The zero-order valence-corrected chi connectivity index (χ0v) is 17.2. The molecule has 8 heteroatoms. The van der Waals surface area contributed by atoms with Gasteiger partial charge >= 0.3 is 0 Å². The number of hydrogen-bond acceptors (Lipinski definition) is 5. The molecule has 28 heavy (non-hydrogen) atoms. The summed E-state index contributed by atoms with van der Waals surface area (Å²) in [6.07, 6.45) is 2.44. The summed E-state index contributed by atoms with van der Waals surface area (Å²) in [7, 11) is -3.53. The molecule has 1 fully saturated rings. The van der Waals surface area contributed by atoms with Crippen molar-refractivity contribution in [2.45, 2.75) is 43.0 Å². The first-order valence-electron chi connectivity index (χ1n) is 9.37. The van der Waals surface area contributed by atoms with Crippen LogP contribution in [-0.2, 0) is 14.8 Å². The van der Waals surface area contributed by atoms with E-state index < -0.39 is 10.0 Å². The van der Waals surface area contributed by atoms with E-state index in [2.05, 4.69) is 4.72 Å². The van der Waals surface area contributed by atoms with Gasteiger partial charge in [0, 0.05) is 32.0 Å². The van der Waals surface area contributed by atoms with E-state index in [0.717, 1.165) is 4.88 Å². The average Bonchev–Trinajstić information content (AvgIpc) is 3.24. The standard InChI is InChI=1S/C20H24N2O4S2/c23-18(19-9-5-15-27-19)8-4-10-20(24)22-13-11-16(12-14-22)21-28(25,26)17-6-2-1-3-7-17/h1-3,5-7,9,15-16,21H,4,8,10-14H2. The summed E-state index contributed by atoms with van der Waals surface area (Å²) in [4.78, 5) is 27.1. The van der Waals surface area contributed by atoms with Crippen molar-refractivity contribution in [3.63, 3.8) is 0 Å². The fourth-order valence-electron chi connectivity index (χ4n) is 3.25. The topological polar surface area (TPSA) is 83.6 Å². The first-order chi connectivity index (χ1) is 13.5. The maximum atomic E-state index is 12.4. The molecule has 3 rings (SSSR count). The summed E-state index contributed by atoms with van der Waals surface area (Å²) in [5, 5.41) is 1.87. The van der Waals surface area contributed by atoms with Crippen LogP contribution in [0.15, 0.2) is 52.7 Å². The Morgan fingerprint density at radius 1 is 1.04 bits per heavy atom. The van der Waals surface area contributed by atoms with E-state index in [4.69, 9.17) is 0 Å². The first-order valence-corrected chi connectivity index (χ1v) is 11.7. The summed E-state index contributed by atoms with van der Waals surface area (Å²) >= 11 is 1.42. The van der Waals surface area contributed by atoms with E-state index in [1.165, 1.54) is 11.3 Å². The maximum Gasteiger partial charge on any atom is 0.240 e. The number of hydrogen-bond donors (Lipinski definition) is 1. The molecular weight excluding hydrogens is 396 g/mol. The number of ketones is 1. The lowest BCUT2D eigenvalue weighted by molar-refractivity contribution is -0.132. The molecule has 0 bridgehead atoms. The van der Waals surface area contributed by atoms with Crippen LogP contribution in [-0.4, -0.2) is 44.1 Å². The van der Waals surface area contributed by atoms with Gasteiger partial charge in [0.25, 0.3) is 0 Å². The summed E-state index contributed by atoms with van der Waals surface area (Å²) in [5.74, 6) is 0.111. The molecule has 0 atom stereocenters. The van der Waals surface area contributed by atoms with Gasteiger partial charge in [-0.2, -0.15) is 0 Å². The zero-order valence-electron chi connectivity index (χ0n) is 15.5. The molecule has 1 aromatic heterocycles. The number of likely N-dealkylation sites (tertiary alicyclic amines) is 1. The number of carbonyl (C=O) groups excluding carboxylic acids is 2. The lowest BCUT2D eigenvalue weighted by Gasteiger charge is -2.32. The summed E-state index contributed by atoms with van der Waals surface area (Å²) < 4.78 is 27.5. The number of nitrogens with one attached hydrogen (secondary N) is 1. The normalized spacial score (nSPS) is 15.5. The first kappa shape index (κ1) is 20.7. The number of piperidine rings is 1. The van der Waals surface area contributed by atoms with Gasteiger partial charge in [0.15, 0.2) is 5.78 Å². The predicted molar refractivity (Wildman–Crippen MR) is 109 cm³/mol. The average molecular weight is 421 g/mol. The van der Waals surface area contributed by atoms with Gasteiger partial charge < -0.3 is 4.90 Å². The molecule has 0 unspecified atom stereocenters. The van der Waals surface area contributed by atoms with Crippen molar-refractivity contribution in [1.82, 2.24) is 9.62 Å². The van der Waals surface area contributed by atoms with Crippen molar-refractivity contribution in [2.75, 3.05) is 13.1 Å². The molecule has 1 saturated heterocycles. The number of sulfonamides is 1. The van der Waals surface area contributed by atoms with Gasteiger partial charge in [-0.25, -0.2) is 13.1 Å². The molecule has 1 N–H and O–H groups in total. The summed E-state index contributed by atoms with van der Waals surface area (Å²) in [5.41, 5.74) is 0. The molecule has 1 aromatic carbocycles. The Bertz CT molecular complexity index is 888. The summed E-state index contributed by atoms with van der Waals surface area (Å²) in [6, 6.07) is 11.8. The largest absolute Gasteiger partial charge is 0.343 e. The molecular formula is C20H24N2O4S2. The fraction of sp³-hybridized carbons (Fsp3) is 0.400. The van der Waals surface area contributed by atoms with Crippen LogP contribution in [0.2, 0.25) is 0 Å². The van der Waals surface area contributed by atoms with Crippen LogP contribution in [0, 0.1) is 0 Å². The van der Waals surface area contributed by atoms with Gasteiger partial charge in [-0.05, 0) is 42.8 Å². The van der Waals surface area contributed by atoms with Crippen LogP contribution in [0.25, 0.3) is 0 Å². The fourth-order valence-corrected chi connectivity index (χ4v) is 5.27. The molecule has 6 nitrogen and oxygen atoms in total. The van der Waals surface area contributed by atoms with Crippen molar-refractivity contribution in [2.24, 2.45) is 0 Å². The lowest BCUT2D eigenvalue weighted by Crippen LogP contribution is -2.46. The Morgan fingerprint density at radius 3 is 2.39 bits per heavy atom. The Labute approximate surface area is 169 Å². The second kappa shape index (κ2) is 9.45. The van der Waals surface area contributed by atoms with E-state index in [-0.39, 0.29) is 22.6 Å². The lowest BCUT2D eigenvalue weighted by atomic mass is 10.0. The van der Waals surface area contributed by atoms with E-state index >= 15 is 0 Å². The van der Waals surface area contributed by atoms with Crippen molar-refractivity contribution in [3.8, 4) is 0 Å². The molecule has 0 radical (unpaired) electrons. The van der Waals surface area contributed by atoms with Crippen LogP contribution in [0.1, 0.15) is 41.8 Å². The van der Waals surface area contributed by atoms with Crippen LogP contribution in [0.3, 0.4) is 0 Å². The monoisotopic (exact) mass is 420 g/mol. The van der Waals surface area contributed by atoms with Crippen LogP contribution in [0.5, 0.6) is 0 Å². The number of rotatable bonds is 8. The smallest absolute Gasteiger partial charge is 0.240 e. The molecule has 2 heterocycles. The minimum absolute atomic E-state index is 0.0309. The SMILES string of the molecule is O=C(CCCC(=O)N1CCC(NS(=O)(=O)c2ccccc2)CC1)c1cccs1. The third-order valence-corrected chi connectivity index (χ3v) is 7.26. The number of nitrogens with zero attached hydrogens (tertiary/aromatic N) is 1. The van der Waals surface area contributed by atoms with E-state index in [9.17, 15) is 18.0 Å². The Kier molecular flexibility index (Phi) is 6.98. The minimum Gasteiger partial charge on any atom is -0.343 e. The highest BCUT2D eigenvalue weighted by Crippen LogP contribution is 2.17. The van der Waals surface area contributed by atoms with Gasteiger partial charge in [-0.15, -0.1) is 11.3 Å². The number of amides is 1. The van der Waals surface area contributed by atoms with Crippen molar-refractivity contribution in [3.05, 3.63) is 52.7 Å². The van der Waals surface area contributed by atoms with Crippen molar-refractivity contribution in [1.29, 1.82) is 0 Å². The third-order valence-electron chi connectivity index (χ3n) is 4.81. The Morgan fingerprint density at radius 2 is 1.75 bits per heavy atom. The van der Waals surface area contributed by atoms with E-state index in [1.807, 2.05) is 11.4 Å². The third kappa shape index (κ3) is 5.50. The molecule has 0 saturated carbocycles. The summed E-state index contributed by atoms with van der Waals surface area (Å²) in [6.45, 7) is 1.05. The van der Waals surface area contributed by atoms with Crippen molar-refractivity contribution >= 4 is 33.1 Å². The number of carbonyl (C=O) groups is 2. The highest BCUT2D eigenvalue weighted by atomic mass is 32.2. The molecule has 0 spiro atoms. The number of thiophene rings is 1.